The molecule has 0 fully saturated rings. The molecule has 0 aliphatic rings. The molecule has 134 valence electrons. The van der Waals surface area contributed by atoms with Crippen molar-refractivity contribution in [1.82, 2.24) is 15.5 Å². The first kappa shape index (κ1) is 19.7. The summed E-state index contributed by atoms with van der Waals surface area (Å²) in [6.07, 6.45) is 0.389. The molecule has 0 aliphatic heterocycles. The van der Waals surface area contributed by atoms with Crippen molar-refractivity contribution in [2.24, 2.45) is 0 Å². The third-order valence-electron chi connectivity index (χ3n) is 3.09. The summed E-state index contributed by atoms with van der Waals surface area (Å²) >= 11 is 4.39. The van der Waals surface area contributed by atoms with Crippen molar-refractivity contribution in [3.8, 4) is 0 Å². The lowest BCUT2D eigenvalue weighted by molar-refractivity contribution is -0.144. The zero-order valence-corrected chi connectivity index (χ0v) is 16.4. The van der Waals surface area contributed by atoms with Gasteiger partial charge in [-0.2, -0.15) is 0 Å². The number of carbonyl (C=O) groups is 2. The van der Waals surface area contributed by atoms with Crippen LogP contribution in [0.5, 0.6) is 0 Å². The summed E-state index contributed by atoms with van der Waals surface area (Å²) in [4.78, 5) is 24.1. The number of benzene rings is 1. The molecular formula is C16H19N3O3S3. The van der Waals surface area contributed by atoms with Gasteiger partial charge in [-0.3, -0.25) is 4.79 Å². The van der Waals surface area contributed by atoms with E-state index in [4.69, 9.17) is 4.74 Å². The highest BCUT2D eigenvalue weighted by Crippen LogP contribution is 2.28. The largest absolute Gasteiger partial charge is 0.467 e. The Morgan fingerprint density at radius 1 is 1.20 bits per heavy atom. The van der Waals surface area contributed by atoms with Crippen LogP contribution in [0.15, 0.2) is 39.0 Å². The number of thioether (sulfide) groups is 2. The van der Waals surface area contributed by atoms with Crippen molar-refractivity contribution in [2.45, 2.75) is 28.1 Å². The molecule has 2 rings (SSSR count). The second-order valence-electron chi connectivity index (χ2n) is 4.89. The predicted molar refractivity (Wildman–Crippen MR) is 101 cm³/mol. The number of ether oxygens (including phenoxy) is 1. The molecule has 0 spiro atoms. The van der Waals surface area contributed by atoms with Crippen LogP contribution < -0.4 is 5.32 Å². The highest BCUT2D eigenvalue weighted by molar-refractivity contribution is 8.03. The fourth-order valence-electron chi connectivity index (χ4n) is 1.99. The van der Waals surface area contributed by atoms with Crippen molar-refractivity contribution in [3.05, 3.63) is 35.9 Å². The van der Waals surface area contributed by atoms with E-state index in [2.05, 4.69) is 15.5 Å². The number of carbonyl (C=O) groups excluding carboxylic acids is 2. The maximum atomic E-state index is 12.2. The number of hydrogen-bond donors (Lipinski definition) is 1. The number of methoxy groups -OCH3 is 1. The topological polar surface area (TPSA) is 81.2 Å². The highest BCUT2D eigenvalue weighted by Gasteiger charge is 2.22. The van der Waals surface area contributed by atoms with E-state index in [-0.39, 0.29) is 11.7 Å². The van der Waals surface area contributed by atoms with Gasteiger partial charge in [0.05, 0.1) is 12.9 Å². The van der Waals surface area contributed by atoms with Crippen LogP contribution in [0.4, 0.5) is 0 Å². The molecule has 1 N–H and O–H groups in total. The molecule has 0 radical (unpaired) electrons. The number of esters is 1. The molecule has 1 aromatic carbocycles. The summed E-state index contributed by atoms with van der Waals surface area (Å²) in [5, 5.41) is 10.8. The number of nitrogens with zero attached hydrogens (tertiary/aromatic N) is 2. The van der Waals surface area contributed by atoms with Gasteiger partial charge in [-0.25, -0.2) is 4.79 Å². The van der Waals surface area contributed by atoms with E-state index in [0.29, 0.717) is 6.42 Å². The Bertz CT molecular complexity index is 694. The number of hydrogen-bond acceptors (Lipinski definition) is 8. The van der Waals surface area contributed by atoms with Crippen LogP contribution >= 0.6 is 34.9 Å². The van der Waals surface area contributed by atoms with Gasteiger partial charge in [-0.05, 0) is 11.3 Å². The summed E-state index contributed by atoms with van der Waals surface area (Å²) in [6.45, 7) is 2.05. The van der Waals surface area contributed by atoms with Crippen molar-refractivity contribution in [2.75, 3.05) is 18.6 Å². The van der Waals surface area contributed by atoms with Crippen LogP contribution in [0.25, 0.3) is 0 Å². The van der Waals surface area contributed by atoms with Gasteiger partial charge in [0.2, 0.25) is 5.91 Å². The molecule has 0 saturated carbocycles. The molecule has 0 saturated heterocycles. The minimum absolute atomic E-state index is 0.174. The molecule has 2 aromatic rings. The van der Waals surface area contributed by atoms with E-state index >= 15 is 0 Å². The van der Waals surface area contributed by atoms with E-state index in [1.165, 1.54) is 30.2 Å². The molecule has 25 heavy (non-hydrogen) atoms. The minimum atomic E-state index is -0.707. The number of nitrogens with one attached hydrogen (secondary N) is 1. The SMILES string of the molecule is CCSc1nnc(SCC(=O)N[C@H](Cc2ccccc2)C(=O)OC)s1. The minimum Gasteiger partial charge on any atom is -0.467 e. The van der Waals surface area contributed by atoms with Crippen molar-refractivity contribution >= 4 is 46.7 Å². The van der Waals surface area contributed by atoms with Gasteiger partial charge in [0.25, 0.3) is 0 Å². The van der Waals surface area contributed by atoms with Crippen molar-refractivity contribution in [3.63, 3.8) is 0 Å². The van der Waals surface area contributed by atoms with E-state index in [1.807, 2.05) is 37.3 Å². The van der Waals surface area contributed by atoms with Gasteiger partial charge < -0.3 is 10.1 Å². The lowest BCUT2D eigenvalue weighted by Crippen LogP contribution is -2.43. The van der Waals surface area contributed by atoms with E-state index in [9.17, 15) is 9.59 Å². The summed E-state index contributed by atoms with van der Waals surface area (Å²) in [6, 6.07) is 8.79. The van der Waals surface area contributed by atoms with Gasteiger partial charge in [0, 0.05) is 6.42 Å². The van der Waals surface area contributed by atoms with Crippen LogP contribution in [0.3, 0.4) is 0 Å². The summed E-state index contributed by atoms with van der Waals surface area (Å²) < 4.78 is 6.43. The quantitative estimate of drug-likeness (QED) is 0.514. The Hall–Kier alpha value is -1.58. The Balaban J connectivity index is 1.88. The Kier molecular flexibility index (Phi) is 8.23. The third kappa shape index (κ3) is 6.68. The normalized spacial score (nSPS) is 11.8. The molecule has 0 bridgehead atoms. The number of amides is 1. The highest BCUT2D eigenvalue weighted by atomic mass is 32.2. The molecule has 1 atom stereocenters. The Morgan fingerprint density at radius 3 is 2.52 bits per heavy atom. The fourth-order valence-corrected chi connectivity index (χ4v) is 4.71. The van der Waals surface area contributed by atoms with Crippen LogP contribution in [-0.2, 0) is 20.7 Å². The monoisotopic (exact) mass is 397 g/mol. The standard InChI is InChI=1S/C16H19N3O3S3/c1-3-23-15-18-19-16(25-15)24-10-13(20)17-12(14(21)22-2)9-11-7-5-4-6-8-11/h4-8,12H,3,9-10H2,1-2H3,(H,17,20)/t12-/m1/s1. The lowest BCUT2D eigenvalue weighted by Gasteiger charge is -2.16. The molecule has 0 aliphatic carbocycles. The molecule has 1 heterocycles. The Morgan fingerprint density at radius 2 is 1.88 bits per heavy atom. The molecule has 9 heteroatoms. The molecule has 0 unspecified atom stereocenters. The molecule has 1 amide bonds. The van der Waals surface area contributed by atoms with E-state index in [1.54, 1.807) is 11.8 Å². The number of aromatic nitrogens is 2. The zero-order valence-electron chi connectivity index (χ0n) is 13.9. The van der Waals surface area contributed by atoms with Gasteiger partial charge >= 0.3 is 5.97 Å². The fraction of sp³-hybridized carbons (Fsp3) is 0.375. The van der Waals surface area contributed by atoms with Gasteiger partial charge in [0.15, 0.2) is 8.68 Å². The van der Waals surface area contributed by atoms with Crippen LogP contribution in [-0.4, -0.2) is 46.7 Å². The van der Waals surface area contributed by atoms with E-state index < -0.39 is 12.0 Å². The molecular weight excluding hydrogens is 378 g/mol. The second-order valence-corrected chi connectivity index (χ2v) is 8.60. The lowest BCUT2D eigenvalue weighted by atomic mass is 10.1. The molecule has 1 aromatic heterocycles. The zero-order chi connectivity index (χ0) is 18.1. The average molecular weight is 398 g/mol. The number of rotatable bonds is 9. The van der Waals surface area contributed by atoms with Crippen molar-refractivity contribution < 1.29 is 14.3 Å². The maximum absolute atomic E-state index is 12.2. The first-order valence-corrected chi connectivity index (χ1v) is 10.4. The van der Waals surface area contributed by atoms with Crippen LogP contribution in [0.1, 0.15) is 12.5 Å². The predicted octanol–water partition coefficient (Wildman–Crippen LogP) is 2.64. The maximum Gasteiger partial charge on any atom is 0.328 e. The summed E-state index contributed by atoms with van der Waals surface area (Å²) in [7, 11) is 1.31. The summed E-state index contributed by atoms with van der Waals surface area (Å²) in [5.74, 6) is 0.407. The van der Waals surface area contributed by atoms with Crippen LogP contribution in [0.2, 0.25) is 0 Å². The first-order chi connectivity index (χ1) is 12.1. The van der Waals surface area contributed by atoms with Gasteiger partial charge in [0.1, 0.15) is 6.04 Å². The average Bonchev–Trinajstić information content (AvgIpc) is 3.07. The smallest absolute Gasteiger partial charge is 0.328 e. The van der Waals surface area contributed by atoms with Gasteiger partial charge in [-0.15, -0.1) is 10.2 Å². The first-order valence-electron chi connectivity index (χ1n) is 7.62. The van der Waals surface area contributed by atoms with E-state index in [0.717, 1.165) is 20.0 Å². The van der Waals surface area contributed by atoms with Crippen LogP contribution in [0, 0.1) is 0 Å². The molecule has 6 nitrogen and oxygen atoms in total. The summed E-state index contributed by atoms with van der Waals surface area (Å²) in [5.41, 5.74) is 0.955. The second kappa shape index (κ2) is 10.4. The van der Waals surface area contributed by atoms with Gasteiger partial charge in [-0.1, -0.05) is 72.1 Å². The van der Waals surface area contributed by atoms with Crippen molar-refractivity contribution in [1.29, 1.82) is 0 Å². The third-order valence-corrected chi connectivity index (χ3v) is 6.16. The Labute approximate surface area is 159 Å².